The largest absolute Gasteiger partial charge is 0.497 e. The lowest BCUT2D eigenvalue weighted by Crippen LogP contribution is -2.43. The number of aliphatic carboxylic acids is 2. The number of thiazole rings is 1. The first-order valence-corrected chi connectivity index (χ1v) is 13.0. The Morgan fingerprint density at radius 1 is 1.11 bits per heavy atom. The molecule has 11 heteroatoms. The van der Waals surface area contributed by atoms with Gasteiger partial charge in [0.25, 0.3) is 0 Å². The van der Waals surface area contributed by atoms with Crippen LogP contribution in [0.1, 0.15) is 29.5 Å². The Morgan fingerprint density at radius 2 is 1.84 bits per heavy atom. The van der Waals surface area contributed by atoms with Crippen LogP contribution in [0.5, 0.6) is 5.75 Å². The number of nitrogens with zero attached hydrogens (tertiary/aromatic N) is 3. The third-order valence-corrected chi connectivity index (χ3v) is 7.46. The van der Waals surface area contributed by atoms with Crippen molar-refractivity contribution < 1.29 is 29.6 Å². The Balaban J connectivity index is 0.000000505. The standard InChI is InChI=1S/C25H28N4O2S.C2H2O4/c1-31-18-6-7-21-20(14-18)19(8-11-26-21)23(30)16-29-12-9-17(10-13-29)27-15-25-28-22-4-2-3-5-24(22)32-25;3-1(4)2(5)6/h2-8,11,14,17,23,27,30H,9-10,12-13,15-16H2,1H3;(H,3,4)(H,5,6)/t23-;/m0./s1. The van der Waals surface area contributed by atoms with Crippen LogP contribution >= 0.6 is 11.3 Å². The van der Waals surface area contributed by atoms with E-state index < -0.39 is 18.0 Å². The van der Waals surface area contributed by atoms with E-state index in [2.05, 4.69) is 33.4 Å². The number of aliphatic hydroxyl groups is 1. The molecule has 4 N–H and O–H groups in total. The molecule has 3 heterocycles. The summed E-state index contributed by atoms with van der Waals surface area (Å²) in [5.74, 6) is -2.87. The number of β-amino-alcohol motifs (C(OH)–C–C–N with tert-alkyl or cyclic N) is 1. The van der Waals surface area contributed by atoms with E-state index in [1.165, 1.54) is 4.70 Å². The first-order chi connectivity index (χ1) is 18.3. The van der Waals surface area contributed by atoms with E-state index in [-0.39, 0.29) is 0 Å². The van der Waals surface area contributed by atoms with Gasteiger partial charge in [0.15, 0.2) is 0 Å². The Hall–Kier alpha value is -3.64. The fraction of sp³-hybridized carbons (Fsp3) is 0.333. The summed E-state index contributed by atoms with van der Waals surface area (Å²) >= 11 is 1.76. The van der Waals surface area contributed by atoms with Crippen molar-refractivity contribution in [2.24, 2.45) is 0 Å². The number of aliphatic hydroxyl groups excluding tert-OH is 1. The van der Waals surface area contributed by atoms with Crippen molar-refractivity contribution in [3.05, 3.63) is 65.3 Å². The van der Waals surface area contributed by atoms with Gasteiger partial charge in [-0.1, -0.05) is 12.1 Å². The van der Waals surface area contributed by atoms with Crippen molar-refractivity contribution in [1.82, 2.24) is 20.2 Å². The molecule has 38 heavy (non-hydrogen) atoms. The normalized spacial score (nSPS) is 15.1. The summed E-state index contributed by atoms with van der Waals surface area (Å²) in [6, 6.07) is 16.5. The molecule has 1 fully saturated rings. The number of hydrogen-bond donors (Lipinski definition) is 4. The molecular weight excluding hydrogens is 508 g/mol. The number of methoxy groups -OCH3 is 1. The van der Waals surface area contributed by atoms with Crippen LogP contribution in [-0.4, -0.2) is 74.9 Å². The molecule has 1 aliphatic rings. The molecule has 1 atom stereocenters. The van der Waals surface area contributed by atoms with Gasteiger partial charge < -0.3 is 30.3 Å². The number of carbonyl (C=O) groups is 2. The maximum atomic E-state index is 11.0. The van der Waals surface area contributed by atoms with Gasteiger partial charge >= 0.3 is 11.9 Å². The second-order valence-electron chi connectivity index (χ2n) is 8.94. The average Bonchev–Trinajstić information content (AvgIpc) is 3.35. The number of nitrogens with one attached hydrogen (secondary N) is 1. The molecule has 4 aromatic rings. The molecule has 0 saturated carbocycles. The summed E-state index contributed by atoms with van der Waals surface area (Å²) < 4.78 is 6.61. The molecule has 200 valence electrons. The lowest BCUT2D eigenvalue weighted by molar-refractivity contribution is -0.159. The van der Waals surface area contributed by atoms with E-state index in [9.17, 15) is 5.11 Å². The molecule has 0 radical (unpaired) electrons. The van der Waals surface area contributed by atoms with Gasteiger partial charge in [0, 0.05) is 30.7 Å². The number of aromatic nitrogens is 2. The highest BCUT2D eigenvalue weighted by atomic mass is 32.1. The van der Waals surface area contributed by atoms with Crippen LogP contribution < -0.4 is 10.1 Å². The highest BCUT2D eigenvalue weighted by molar-refractivity contribution is 7.18. The van der Waals surface area contributed by atoms with Gasteiger partial charge in [-0.3, -0.25) is 4.98 Å². The first-order valence-electron chi connectivity index (χ1n) is 12.2. The number of piperidine rings is 1. The number of para-hydroxylation sites is 1. The van der Waals surface area contributed by atoms with Crippen LogP contribution in [0.15, 0.2) is 54.7 Å². The van der Waals surface area contributed by atoms with E-state index in [0.29, 0.717) is 12.6 Å². The van der Waals surface area contributed by atoms with Gasteiger partial charge in [0.05, 0.1) is 28.9 Å². The monoisotopic (exact) mass is 538 g/mol. The lowest BCUT2D eigenvalue weighted by atomic mass is 10.0. The molecule has 2 aromatic heterocycles. The van der Waals surface area contributed by atoms with Crippen molar-refractivity contribution in [3.8, 4) is 5.75 Å². The molecular formula is C27H30N4O6S. The summed E-state index contributed by atoms with van der Waals surface area (Å²) in [5.41, 5.74) is 2.87. The summed E-state index contributed by atoms with van der Waals surface area (Å²) in [6.45, 7) is 3.39. The molecule has 0 unspecified atom stereocenters. The zero-order valence-corrected chi connectivity index (χ0v) is 21.7. The van der Waals surface area contributed by atoms with Gasteiger partial charge in [-0.05, 0) is 67.9 Å². The number of fused-ring (bicyclic) bond motifs is 2. The zero-order valence-electron chi connectivity index (χ0n) is 20.9. The molecule has 0 spiro atoms. The number of hydrogen-bond acceptors (Lipinski definition) is 9. The number of pyridine rings is 1. The maximum absolute atomic E-state index is 11.0. The van der Waals surface area contributed by atoms with Crippen molar-refractivity contribution >= 4 is 44.4 Å². The smallest absolute Gasteiger partial charge is 0.414 e. The Kier molecular flexibility index (Phi) is 9.19. The van der Waals surface area contributed by atoms with E-state index in [0.717, 1.165) is 65.2 Å². The Morgan fingerprint density at radius 3 is 2.53 bits per heavy atom. The maximum Gasteiger partial charge on any atom is 0.414 e. The fourth-order valence-corrected chi connectivity index (χ4v) is 5.37. The van der Waals surface area contributed by atoms with Crippen molar-refractivity contribution in [1.29, 1.82) is 0 Å². The fourth-order valence-electron chi connectivity index (χ4n) is 4.45. The number of ether oxygens (including phenoxy) is 1. The number of carboxylic acids is 2. The summed E-state index contributed by atoms with van der Waals surface area (Å²) in [7, 11) is 1.66. The van der Waals surface area contributed by atoms with Crippen LogP contribution in [0.25, 0.3) is 21.1 Å². The predicted molar refractivity (Wildman–Crippen MR) is 144 cm³/mol. The minimum Gasteiger partial charge on any atom is -0.497 e. The Labute approximate surface area is 223 Å². The summed E-state index contributed by atoms with van der Waals surface area (Å²) in [6.07, 6.45) is 3.36. The lowest BCUT2D eigenvalue weighted by Gasteiger charge is -2.33. The molecule has 0 bridgehead atoms. The van der Waals surface area contributed by atoms with E-state index in [1.807, 2.05) is 30.3 Å². The number of benzene rings is 2. The molecule has 1 saturated heterocycles. The zero-order chi connectivity index (χ0) is 27.1. The molecule has 0 amide bonds. The van der Waals surface area contributed by atoms with Crippen LogP contribution in [0, 0.1) is 0 Å². The van der Waals surface area contributed by atoms with Gasteiger partial charge in [-0.25, -0.2) is 14.6 Å². The van der Waals surface area contributed by atoms with E-state index in [1.54, 1.807) is 24.6 Å². The number of carboxylic acid groups (broad SMARTS) is 2. The van der Waals surface area contributed by atoms with Crippen molar-refractivity contribution in [2.45, 2.75) is 31.5 Å². The van der Waals surface area contributed by atoms with Crippen LogP contribution in [0.3, 0.4) is 0 Å². The minimum absolute atomic E-state index is 0.487. The Bertz CT molecular complexity index is 1360. The molecule has 1 aliphatic heterocycles. The van der Waals surface area contributed by atoms with Gasteiger partial charge in [-0.15, -0.1) is 11.3 Å². The number of likely N-dealkylation sites (tertiary alicyclic amines) is 1. The topological polar surface area (TPSA) is 145 Å². The SMILES string of the molecule is COc1ccc2nccc([C@@H](O)CN3CCC(NCc4nc5ccccc5s4)CC3)c2c1.O=C(O)C(=O)O. The third-order valence-electron chi connectivity index (χ3n) is 6.42. The average molecular weight is 539 g/mol. The van der Waals surface area contributed by atoms with Crippen molar-refractivity contribution in [3.63, 3.8) is 0 Å². The summed E-state index contributed by atoms with van der Waals surface area (Å²) in [4.78, 5) is 29.7. The van der Waals surface area contributed by atoms with Crippen molar-refractivity contribution in [2.75, 3.05) is 26.7 Å². The van der Waals surface area contributed by atoms with Gasteiger partial charge in [0.1, 0.15) is 10.8 Å². The molecule has 10 nitrogen and oxygen atoms in total. The quantitative estimate of drug-likeness (QED) is 0.259. The first kappa shape index (κ1) is 27.4. The van der Waals surface area contributed by atoms with Gasteiger partial charge in [-0.2, -0.15) is 0 Å². The third kappa shape index (κ3) is 7.01. The molecule has 5 rings (SSSR count). The summed E-state index contributed by atoms with van der Waals surface area (Å²) in [5, 5.41) is 31.5. The van der Waals surface area contributed by atoms with Crippen LogP contribution in [-0.2, 0) is 16.1 Å². The highest BCUT2D eigenvalue weighted by Gasteiger charge is 2.22. The second-order valence-corrected chi connectivity index (χ2v) is 10.1. The van der Waals surface area contributed by atoms with Crippen LogP contribution in [0.4, 0.5) is 0 Å². The second kappa shape index (κ2) is 12.7. The highest BCUT2D eigenvalue weighted by Crippen LogP contribution is 2.28. The minimum atomic E-state index is -1.82. The number of rotatable bonds is 7. The van der Waals surface area contributed by atoms with Gasteiger partial charge in [0.2, 0.25) is 0 Å². The molecule has 2 aromatic carbocycles. The molecule has 0 aliphatic carbocycles. The van der Waals surface area contributed by atoms with E-state index in [4.69, 9.17) is 29.5 Å². The predicted octanol–water partition coefficient (Wildman–Crippen LogP) is 3.30. The van der Waals surface area contributed by atoms with E-state index >= 15 is 0 Å². The van der Waals surface area contributed by atoms with Crippen LogP contribution in [0.2, 0.25) is 0 Å².